The van der Waals surface area contributed by atoms with Crippen LogP contribution in [0.1, 0.15) is 12.0 Å². The molecule has 0 atom stereocenters. The third kappa shape index (κ3) is 4.84. The van der Waals surface area contributed by atoms with E-state index >= 15 is 0 Å². The molecule has 15 heavy (non-hydrogen) atoms. The van der Waals surface area contributed by atoms with Gasteiger partial charge in [0.05, 0.1) is 5.75 Å². The molecule has 3 nitrogen and oxygen atoms in total. The maximum atomic E-state index is 10.5. The van der Waals surface area contributed by atoms with Crippen LogP contribution in [0.5, 0.6) is 0 Å². The number of hydrogen-bond acceptors (Lipinski definition) is 2. The number of halogens is 2. The van der Waals surface area contributed by atoms with Crippen molar-refractivity contribution in [2.24, 2.45) is 0 Å². The largest absolute Gasteiger partial charge is 0.286 e. The van der Waals surface area contributed by atoms with E-state index in [-0.39, 0.29) is 5.75 Å². The molecule has 0 spiro atoms. The van der Waals surface area contributed by atoms with Crippen molar-refractivity contribution in [2.75, 3.05) is 5.75 Å². The second kappa shape index (κ2) is 5.16. The van der Waals surface area contributed by atoms with Crippen molar-refractivity contribution in [1.82, 2.24) is 0 Å². The molecule has 0 aliphatic heterocycles. The summed E-state index contributed by atoms with van der Waals surface area (Å²) in [7, 11) is -3.89. The van der Waals surface area contributed by atoms with E-state index in [0.717, 1.165) is 5.56 Å². The Labute approximate surface area is 98.8 Å². The topological polar surface area (TPSA) is 54.4 Å². The minimum atomic E-state index is -3.89. The molecule has 1 aromatic rings. The van der Waals surface area contributed by atoms with Crippen LogP contribution in [0.3, 0.4) is 0 Å². The summed E-state index contributed by atoms with van der Waals surface area (Å²) < 4.78 is 29.5. The molecule has 1 aromatic carbocycles. The van der Waals surface area contributed by atoms with E-state index in [0.29, 0.717) is 22.9 Å². The van der Waals surface area contributed by atoms with E-state index in [9.17, 15) is 8.42 Å². The number of rotatable bonds is 4. The van der Waals surface area contributed by atoms with Crippen molar-refractivity contribution in [3.63, 3.8) is 0 Å². The molecule has 0 aromatic heterocycles. The summed E-state index contributed by atoms with van der Waals surface area (Å²) >= 11 is 11.6. The van der Waals surface area contributed by atoms with Gasteiger partial charge in [-0.2, -0.15) is 8.42 Å². The van der Waals surface area contributed by atoms with Gasteiger partial charge in [-0.1, -0.05) is 23.2 Å². The van der Waals surface area contributed by atoms with Crippen molar-refractivity contribution >= 4 is 33.3 Å². The summed E-state index contributed by atoms with van der Waals surface area (Å²) in [4.78, 5) is 0. The molecule has 1 rings (SSSR count). The summed E-state index contributed by atoms with van der Waals surface area (Å²) in [6, 6.07) is 5.01. The maximum absolute atomic E-state index is 10.5. The SMILES string of the molecule is O=S(=O)(O)CCCc1cc(Cl)ccc1Cl. The molecule has 1 N–H and O–H groups in total. The molecule has 84 valence electrons. The minimum absolute atomic E-state index is 0.268. The van der Waals surface area contributed by atoms with Gasteiger partial charge in [-0.25, -0.2) is 0 Å². The van der Waals surface area contributed by atoms with Gasteiger partial charge in [0.2, 0.25) is 0 Å². The average molecular weight is 269 g/mol. The smallest absolute Gasteiger partial charge is 0.264 e. The van der Waals surface area contributed by atoms with Gasteiger partial charge >= 0.3 is 0 Å². The second-order valence-corrected chi connectivity index (χ2v) is 5.54. The van der Waals surface area contributed by atoms with Gasteiger partial charge in [0, 0.05) is 10.0 Å². The third-order valence-corrected chi connectivity index (χ3v) is 3.26. The Morgan fingerprint density at radius 1 is 1.27 bits per heavy atom. The Balaban J connectivity index is 2.61. The molecule has 0 aliphatic rings. The van der Waals surface area contributed by atoms with Gasteiger partial charge in [0.15, 0.2) is 0 Å². The molecule has 0 unspecified atom stereocenters. The first-order valence-electron chi connectivity index (χ1n) is 4.27. The molecule has 0 saturated carbocycles. The van der Waals surface area contributed by atoms with Crippen LogP contribution in [0, 0.1) is 0 Å². The van der Waals surface area contributed by atoms with Crippen LogP contribution in [-0.2, 0) is 16.5 Å². The second-order valence-electron chi connectivity index (χ2n) is 3.13. The zero-order valence-corrected chi connectivity index (χ0v) is 10.1. The lowest BCUT2D eigenvalue weighted by Crippen LogP contribution is -2.04. The molecule has 0 fully saturated rings. The maximum Gasteiger partial charge on any atom is 0.264 e. The van der Waals surface area contributed by atoms with Crippen molar-refractivity contribution in [1.29, 1.82) is 0 Å². The molecule has 0 heterocycles. The fourth-order valence-corrected chi connectivity index (χ4v) is 2.10. The van der Waals surface area contributed by atoms with Gasteiger partial charge in [-0.3, -0.25) is 4.55 Å². The van der Waals surface area contributed by atoms with Crippen LogP contribution in [0.15, 0.2) is 18.2 Å². The Morgan fingerprint density at radius 2 is 1.93 bits per heavy atom. The Kier molecular flexibility index (Phi) is 4.40. The Hall–Kier alpha value is -0.290. The first-order valence-corrected chi connectivity index (χ1v) is 6.64. The molecule has 0 aliphatic carbocycles. The first-order chi connectivity index (χ1) is 6.88. The fourth-order valence-electron chi connectivity index (χ4n) is 1.18. The van der Waals surface area contributed by atoms with Crippen molar-refractivity contribution < 1.29 is 13.0 Å². The summed E-state index contributed by atoms with van der Waals surface area (Å²) in [5, 5.41) is 1.11. The minimum Gasteiger partial charge on any atom is -0.286 e. The van der Waals surface area contributed by atoms with Crippen LogP contribution in [0.2, 0.25) is 10.0 Å². The molecule has 0 radical (unpaired) electrons. The van der Waals surface area contributed by atoms with Crippen LogP contribution in [0.25, 0.3) is 0 Å². The van der Waals surface area contributed by atoms with E-state index < -0.39 is 10.1 Å². The number of aryl methyl sites for hydroxylation is 1. The highest BCUT2D eigenvalue weighted by molar-refractivity contribution is 7.85. The lowest BCUT2D eigenvalue weighted by atomic mass is 10.1. The normalized spacial score (nSPS) is 11.7. The van der Waals surface area contributed by atoms with Crippen LogP contribution >= 0.6 is 23.2 Å². The molecule has 6 heteroatoms. The van der Waals surface area contributed by atoms with E-state index in [4.69, 9.17) is 27.8 Å². The lowest BCUT2D eigenvalue weighted by molar-refractivity contribution is 0.481. The quantitative estimate of drug-likeness (QED) is 0.855. The van der Waals surface area contributed by atoms with E-state index in [1.54, 1.807) is 18.2 Å². The lowest BCUT2D eigenvalue weighted by Gasteiger charge is -2.03. The van der Waals surface area contributed by atoms with Crippen molar-refractivity contribution in [3.8, 4) is 0 Å². The zero-order chi connectivity index (χ0) is 11.5. The predicted molar refractivity (Wildman–Crippen MR) is 61.2 cm³/mol. The highest BCUT2D eigenvalue weighted by atomic mass is 35.5. The highest BCUT2D eigenvalue weighted by Crippen LogP contribution is 2.21. The Morgan fingerprint density at radius 3 is 2.53 bits per heavy atom. The summed E-state index contributed by atoms with van der Waals surface area (Å²) in [5.74, 6) is -0.268. The van der Waals surface area contributed by atoms with Gasteiger partial charge in [-0.05, 0) is 36.6 Å². The first kappa shape index (κ1) is 12.8. The highest BCUT2D eigenvalue weighted by Gasteiger charge is 2.06. The Bertz CT molecular complexity index is 443. The van der Waals surface area contributed by atoms with E-state index in [1.807, 2.05) is 0 Å². The number of hydrogen-bond donors (Lipinski definition) is 1. The van der Waals surface area contributed by atoms with E-state index in [2.05, 4.69) is 0 Å². The molecule has 0 saturated heterocycles. The van der Waals surface area contributed by atoms with E-state index in [1.165, 1.54) is 0 Å². The molecular weight excluding hydrogens is 259 g/mol. The van der Waals surface area contributed by atoms with Crippen LogP contribution < -0.4 is 0 Å². The van der Waals surface area contributed by atoms with Crippen molar-refractivity contribution in [3.05, 3.63) is 33.8 Å². The van der Waals surface area contributed by atoms with Crippen LogP contribution in [0.4, 0.5) is 0 Å². The van der Waals surface area contributed by atoms with Gasteiger partial charge < -0.3 is 0 Å². The molecular formula is C9H10Cl2O3S. The van der Waals surface area contributed by atoms with Crippen molar-refractivity contribution in [2.45, 2.75) is 12.8 Å². The van der Waals surface area contributed by atoms with Gasteiger partial charge in [0.25, 0.3) is 10.1 Å². The summed E-state index contributed by atoms with van der Waals surface area (Å²) in [6.07, 6.45) is 0.790. The standard InChI is InChI=1S/C9H10Cl2O3S/c10-8-3-4-9(11)7(6-8)2-1-5-15(12,13)14/h3-4,6H,1-2,5H2,(H,12,13,14). The van der Waals surface area contributed by atoms with Gasteiger partial charge in [0.1, 0.15) is 0 Å². The molecule has 0 bridgehead atoms. The predicted octanol–water partition coefficient (Wildman–Crippen LogP) is 2.81. The number of benzene rings is 1. The fraction of sp³-hybridized carbons (Fsp3) is 0.333. The summed E-state index contributed by atoms with van der Waals surface area (Å²) in [6.45, 7) is 0. The molecule has 0 amide bonds. The monoisotopic (exact) mass is 268 g/mol. The van der Waals surface area contributed by atoms with Gasteiger partial charge in [-0.15, -0.1) is 0 Å². The summed E-state index contributed by atoms with van der Waals surface area (Å²) in [5.41, 5.74) is 0.785. The average Bonchev–Trinajstić information content (AvgIpc) is 2.09. The van der Waals surface area contributed by atoms with Crippen LogP contribution in [-0.4, -0.2) is 18.7 Å². The zero-order valence-electron chi connectivity index (χ0n) is 7.78. The third-order valence-electron chi connectivity index (χ3n) is 1.86.